The number of likely N-dealkylation sites (tertiary alicyclic amines) is 1. The molecule has 1 fully saturated rings. The van der Waals surface area contributed by atoms with Crippen molar-refractivity contribution in [2.45, 2.75) is 32.0 Å². The maximum absolute atomic E-state index is 11.2. The minimum Gasteiger partial charge on any atom is -0.454 e. The summed E-state index contributed by atoms with van der Waals surface area (Å²) >= 11 is 0. The molecule has 1 aromatic heterocycles. The largest absolute Gasteiger partial charge is 0.454 e. The molecule has 2 aliphatic heterocycles. The van der Waals surface area contributed by atoms with Crippen molar-refractivity contribution in [3.8, 4) is 11.5 Å². The predicted molar refractivity (Wildman–Crippen MR) is 98.8 cm³/mol. The van der Waals surface area contributed by atoms with E-state index in [-0.39, 0.29) is 18.7 Å². The Morgan fingerprint density at radius 1 is 1.37 bits per heavy atom. The van der Waals surface area contributed by atoms with Gasteiger partial charge in [-0.1, -0.05) is 6.07 Å². The number of nitrogens with one attached hydrogen (secondary N) is 1. The molecule has 8 nitrogen and oxygen atoms in total. The summed E-state index contributed by atoms with van der Waals surface area (Å²) in [4.78, 5) is 13.6. The van der Waals surface area contributed by atoms with Crippen molar-refractivity contribution in [2.75, 3.05) is 32.4 Å². The highest BCUT2D eigenvalue weighted by molar-refractivity contribution is 5.88. The number of carbonyl (C=O) groups excluding carboxylic acids is 1. The average Bonchev–Trinajstić information content (AvgIpc) is 3.35. The maximum atomic E-state index is 11.2. The molecule has 1 aromatic carbocycles. The highest BCUT2D eigenvalue weighted by atomic mass is 16.7. The molecule has 144 valence electrons. The monoisotopic (exact) mass is 372 g/mol. The third-order valence-electron chi connectivity index (χ3n) is 4.98. The smallest absolute Gasteiger partial charge is 0.231 e. The second-order valence-corrected chi connectivity index (χ2v) is 7.01. The van der Waals surface area contributed by atoms with Gasteiger partial charge in [-0.3, -0.25) is 14.4 Å². The molecule has 0 bridgehead atoms. The Kier molecular flexibility index (Phi) is 5.00. The van der Waals surface area contributed by atoms with Crippen LogP contribution in [0.1, 0.15) is 24.9 Å². The number of carbonyl (C=O) groups is 1. The molecule has 0 saturated carbocycles. The van der Waals surface area contributed by atoms with Gasteiger partial charge in [0.15, 0.2) is 11.5 Å². The van der Waals surface area contributed by atoms with Crippen molar-refractivity contribution in [3.63, 3.8) is 0 Å². The number of anilines is 1. The average molecular weight is 372 g/mol. The van der Waals surface area contributed by atoms with Crippen molar-refractivity contribution >= 4 is 11.6 Å². The zero-order valence-electron chi connectivity index (χ0n) is 15.6. The lowest BCUT2D eigenvalue weighted by Crippen LogP contribution is -2.32. The van der Waals surface area contributed by atoms with Crippen LogP contribution in [0.4, 0.5) is 5.69 Å². The number of amides is 1. The number of hydrogen-bond acceptors (Lipinski definition) is 6. The van der Waals surface area contributed by atoms with E-state index >= 15 is 0 Å². The SMILES string of the molecule is COC[C@@H]1C[C@H](n2cc(NC(C)=O)cn2)CN1Cc1ccc2c(c1)OCO2. The van der Waals surface area contributed by atoms with Crippen LogP contribution in [0, 0.1) is 0 Å². The summed E-state index contributed by atoms with van der Waals surface area (Å²) in [6.07, 6.45) is 4.52. The van der Waals surface area contributed by atoms with Crippen LogP contribution >= 0.6 is 0 Å². The molecule has 2 aromatic rings. The highest BCUT2D eigenvalue weighted by Crippen LogP contribution is 2.34. The molecular formula is C19H24N4O4. The van der Waals surface area contributed by atoms with Crippen LogP contribution in [0.15, 0.2) is 30.6 Å². The summed E-state index contributed by atoms with van der Waals surface area (Å²) in [5, 5.41) is 7.21. The van der Waals surface area contributed by atoms with Crippen LogP contribution in [-0.4, -0.2) is 53.7 Å². The number of methoxy groups -OCH3 is 1. The van der Waals surface area contributed by atoms with Gasteiger partial charge in [0.1, 0.15) is 0 Å². The summed E-state index contributed by atoms with van der Waals surface area (Å²) in [7, 11) is 1.73. The van der Waals surface area contributed by atoms with E-state index in [2.05, 4.69) is 21.4 Å². The number of rotatable bonds is 6. The molecule has 2 aliphatic rings. The van der Waals surface area contributed by atoms with Crippen molar-refractivity contribution in [1.82, 2.24) is 14.7 Å². The van der Waals surface area contributed by atoms with E-state index < -0.39 is 0 Å². The van der Waals surface area contributed by atoms with E-state index in [0.717, 1.165) is 36.7 Å². The summed E-state index contributed by atoms with van der Waals surface area (Å²) < 4.78 is 18.3. The first kappa shape index (κ1) is 17.8. The number of nitrogens with zero attached hydrogens (tertiary/aromatic N) is 3. The minimum absolute atomic E-state index is 0.0948. The van der Waals surface area contributed by atoms with Crippen LogP contribution < -0.4 is 14.8 Å². The van der Waals surface area contributed by atoms with Crippen molar-refractivity contribution < 1.29 is 19.0 Å². The zero-order valence-corrected chi connectivity index (χ0v) is 15.6. The minimum atomic E-state index is -0.0948. The topological polar surface area (TPSA) is 77.9 Å². The summed E-state index contributed by atoms with van der Waals surface area (Å²) in [6.45, 7) is 4.12. The van der Waals surface area contributed by atoms with Crippen LogP contribution in [-0.2, 0) is 16.1 Å². The van der Waals surface area contributed by atoms with E-state index in [1.54, 1.807) is 13.3 Å². The van der Waals surface area contributed by atoms with Gasteiger partial charge in [-0.25, -0.2) is 0 Å². The highest BCUT2D eigenvalue weighted by Gasteiger charge is 2.33. The number of aromatic nitrogens is 2. The fraction of sp³-hybridized carbons (Fsp3) is 0.474. The van der Waals surface area contributed by atoms with Gasteiger partial charge < -0.3 is 19.5 Å². The first-order valence-electron chi connectivity index (χ1n) is 9.05. The number of hydrogen-bond donors (Lipinski definition) is 1. The molecule has 0 radical (unpaired) electrons. The Hall–Kier alpha value is -2.58. The Morgan fingerprint density at radius 2 is 2.22 bits per heavy atom. The first-order chi connectivity index (χ1) is 13.1. The molecule has 1 N–H and O–H groups in total. The van der Waals surface area contributed by atoms with E-state index in [4.69, 9.17) is 14.2 Å². The van der Waals surface area contributed by atoms with E-state index in [0.29, 0.717) is 12.6 Å². The van der Waals surface area contributed by atoms with Crippen molar-refractivity contribution in [1.29, 1.82) is 0 Å². The molecule has 0 aliphatic carbocycles. The van der Waals surface area contributed by atoms with Gasteiger partial charge in [0, 0.05) is 39.4 Å². The molecule has 1 saturated heterocycles. The Balaban J connectivity index is 1.47. The molecule has 1 amide bonds. The molecule has 4 rings (SSSR count). The van der Waals surface area contributed by atoms with Gasteiger partial charge in [0.25, 0.3) is 0 Å². The second-order valence-electron chi connectivity index (χ2n) is 7.01. The van der Waals surface area contributed by atoms with Gasteiger partial charge in [0.2, 0.25) is 12.7 Å². The zero-order chi connectivity index (χ0) is 18.8. The van der Waals surface area contributed by atoms with E-state index in [1.165, 1.54) is 12.5 Å². The third kappa shape index (κ3) is 3.91. The summed E-state index contributed by atoms with van der Waals surface area (Å²) in [5.74, 6) is 1.51. The van der Waals surface area contributed by atoms with Crippen molar-refractivity contribution in [3.05, 3.63) is 36.2 Å². The fourth-order valence-electron chi connectivity index (χ4n) is 3.79. The van der Waals surface area contributed by atoms with Gasteiger partial charge in [-0.05, 0) is 24.1 Å². The molecule has 0 spiro atoms. The Bertz CT molecular complexity index is 822. The maximum Gasteiger partial charge on any atom is 0.231 e. The summed E-state index contributed by atoms with van der Waals surface area (Å²) in [6, 6.07) is 6.63. The quantitative estimate of drug-likeness (QED) is 0.836. The standard InChI is InChI=1S/C19H24N4O4/c1-13(24)21-15-7-20-23(9-15)16-6-17(11-25-2)22(10-16)8-14-3-4-18-19(5-14)27-12-26-18/h3-5,7,9,16-17H,6,8,10-12H2,1-2H3,(H,21,24)/t16-,17-/m0/s1. The molecule has 27 heavy (non-hydrogen) atoms. The normalized spacial score (nSPS) is 21.6. The van der Waals surface area contributed by atoms with Gasteiger partial charge >= 0.3 is 0 Å². The molecule has 3 heterocycles. The van der Waals surface area contributed by atoms with Crippen LogP contribution in [0.3, 0.4) is 0 Å². The summed E-state index contributed by atoms with van der Waals surface area (Å²) in [5.41, 5.74) is 1.90. The van der Waals surface area contributed by atoms with Crippen molar-refractivity contribution in [2.24, 2.45) is 0 Å². The lowest BCUT2D eigenvalue weighted by atomic mass is 10.1. The Morgan fingerprint density at radius 3 is 3.04 bits per heavy atom. The first-order valence-corrected chi connectivity index (χ1v) is 9.05. The number of fused-ring (bicyclic) bond motifs is 1. The van der Waals surface area contributed by atoms with Gasteiger partial charge in [0.05, 0.1) is 24.5 Å². The van der Waals surface area contributed by atoms with Crippen LogP contribution in [0.25, 0.3) is 0 Å². The molecular weight excluding hydrogens is 348 g/mol. The van der Waals surface area contributed by atoms with E-state index in [9.17, 15) is 4.79 Å². The van der Waals surface area contributed by atoms with E-state index in [1.807, 2.05) is 23.0 Å². The number of ether oxygens (including phenoxy) is 3. The predicted octanol–water partition coefficient (Wildman–Crippen LogP) is 2.03. The third-order valence-corrected chi connectivity index (χ3v) is 4.98. The molecule has 8 heteroatoms. The van der Waals surface area contributed by atoms with Gasteiger partial charge in [-0.2, -0.15) is 5.10 Å². The Labute approximate surface area is 158 Å². The number of benzene rings is 1. The van der Waals surface area contributed by atoms with Gasteiger partial charge in [-0.15, -0.1) is 0 Å². The fourth-order valence-corrected chi connectivity index (χ4v) is 3.79. The lowest BCUT2D eigenvalue weighted by Gasteiger charge is -2.23. The molecule has 0 unspecified atom stereocenters. The second kappa shape index (κ2) is 7.58. The van der Waals surface area contributed by atoms with Crippen LogP contribution in [0.2, 0.25) is 0 Å². The molecule has 2 atom stereocenters. The van der Waals surface area contributed by atoms with Crippen LogP contribution in [0.5, 0.6) is 11.5 Å². The lowest BCUT2D eigenvalue weighted by molar-refractivity contribution is -0.114.